The van der Waals surface area contributed by atoms with Crippen LogP contribution in [0.1, 0.15) is 60.3 Å². The van der Waals surface area contributed by atoms with Crippen LogP contribution in [0.4, 0.5) is 4.79 Å². The number of halogens is 1. The summed E-state index contributed by atoms with van der Waals surface area (Å²) in [5.41, 5.74) is -0.453. The predicted octanol–water partition coefficient (Wildman–Crippen LogP) is 4.60. The molecule has 22 heavy (non-hydrogen) atoms. The van der Waals surface area contributed by atoms with Crippen molar-refractivity contribution in [2.75, 3.05) is 19.7 Å². The third kappa shape index (κ3) is 6.86. The molecule has 1 saturated heterocycles. The first-order valence-corrected chi connectivity index (χ1v) is 9.42. The van der Waals surface area contributed by atoms with Gasteiger partial charge in [-0.15, -0.1) is 0 Å². The zero-order valence-electron chi connectivity index (χ0n) is 14.7. The lowest BCUT2D eigenvalue weighted by Gasteiger charge is -2.24. The maximum atomic E-state index is 12.1. The highest BCUT2D eigenvalue weighted by molar-refractivity contribution is 9.09. The van der Waals surface area contributed by atoms with Crippen LogP contribution in [-0.2, 0) is 9.47 Å². The highest BCUT2D eigenvalue weighted by Crippen LogP contribution is 2.24. The maximum Gasteiger partial charge on any atom is 0.410 e. The maximum absolute atomic E-state index is 12.1. The molecule has 0 radical (unpaired) electrons. The molecule has 1 aliphatic heterocycles. The van der Waals surface area contributed by atoms with Crippen LogP contribution in [-0.4, -0.2) is 47.2 Å². The minimum absolute atomic E-state index is 0.0585. The molecule has 1 aliphatic rings. The van der Waals surface area contributed by atoms with Gasteiger partial charge in [-0.2, -0.15) is 0 Å². The van der Waals surface area contributed by atoms with Gasteiger partial charge in [0.1, 0.15) is 5.60 Å². The summed E-state index contributed by atoms with van der Waals surface area (Å²) in [4.78, 5) is 14.0. The summed E-state index contributed by atoms with van der Waals surface area (Å²) in [5.74, 6) is 0.621. The summed E-state index contributed by atoms with van der Waals surface area (Å²) in [5, 5.41) is 0. The molecule has 0 bridgehead atoms. The Labute approximate surface area is 144 Å². The molecule has 130 valence electrons. The quantitative estimate of drug-likeness (QED) is 0.608. The number of alkyl halides is 1. The van der Waals surface area contributed by atoms with E-state index in [1.165, 1.54) is 19.3 Å². The molecular formula is C17H32BrNO3. The van der Waals surface area contributed by atoms with Crippen LogP contribution in [0.5, 0.6) is 0 Å². The second-order valence-electron chi connectivity index (χ2n) is 7.19. The van der Waals surface area contributed by atoms with E-state index in [0.29, 0.717) is 19.0 Å². The summed E-state index contributed by atoms with van der Waals surface area (Å²) >= 11 is 3.64. The fourth-order valence-electron chi connectivity index (χ4n) is 2.52. The second kappa shape index (κ2) is 9.11. The highest BCUT2D eigenvalue weighted by Gasteiger charge is 2.36. The number of carbonyl (C=O) groups is 1. The fourth-order valence-corrected chi connectivity index (χ4v) is 3.19. The van der Waals surface area contributed by atoms with E-state index in [9.17, 15) is 4.79 Å². The van der Waals surface area contributed by atoms with Gasteiger partial charge in [0.25, 0.3) is 0 Å². The number of ether oxygens (including phenoxy) is 2. The zero-order valence-corrected chi connectivity index (χ0v) is 16.3. The zero-order chi connectivity index (χ0) is 16.8. The second-order valence-corrected chi connectivity index (χ2v) is 8.37. The largest absolute Gasteiger partial charge is 0.444 e. The molecule has 1 heterocycles. The Morgan fingerprint density at radius 2 is 2.00 bits per heavy atom. The van der Waals surface area contributed by atoms with E-state index in [-0.39, 0.29) is 17.0 Å². The van der Waals surface area contributed by atoms with Crippen LogP contribution in [0.15, 0.2) is 0 Å². The van der Waals surface area contributed by atoms with Crippen molar-refractivity contribution in [3.8, 4) is 0 Å². The smallest absolute Gasteiger partial charge is 0.410 e. The number of unbranched alkanes of at least 4 members (excludes halogenated alkanes) is 1. The minimum Gasteiger partial charge on any atom is -0.444 e. The molecule has 1 fully saturated rings. The van der Waals surface area contributed by atoms with Gasteiger partial charge in [0.05, 0.1) is 17.5 Å². The SMILES string of the molecule is CCCCC(CC)COC1CN(C(=O)OC(C)(C)C)CC1Br. The van der Waals surface area contributed by atoms with Gasteiger partial charge in [-0.3, -0.25) is 0 Å². The number of likely N-dealkylation sites (tertiary alicyclic amines) is 1. The Balaban J connectivity index is 2.41. The van der Waals surface area contributed by atoms with E-state index >= 15 is 0 Å². The van der Waals surface area contributed by atoms with Gasteiger partial charge < -0.3 is 14.4 Å². The minimum atomic E-state index is -0.453. The van der Waals surface area contributed by atoms with E-state index in [0.717, 1.165) is 13.0 Å². The number of nitrogens with zero attached hydrogens (tertiary/aromatic N) is 1. The van der Waals surface area contributed by atoms with Crippen LogP contribution < -0.4 is 0 Å². The van der Waals surface area contributed by atoms with Crippen LogP contribution in [0.2, 0.25) is 0 Å². The van der Waals surface area contributed by atoms with E-state index < -0.39 is 5.60 Å². The van der Waals surface area contributed by atoms with Crippen molar-refractivity contribution in [1.29, 1.82) is 0 Å². The third-order valence-electron chi connectivity index (χ3n) is 3.94. The molecule has 5 heteroatoms. The van der Waals surface area contributed by atoms with Gasteiger partial charge in [-0.05, 0) is 33.1 Å². The third-order valence-corrected chi connectivity index (χ3v) is 4.82. The Kier molecular flexibility index (Phi) is 8.19. The number of amides is 1. The summed E-state index contributed by atoms with van der Waals surface area (Å²) < 4.78 is 11.5. The molecular weight excluding hydrogens is 346 g/mol. The monoisotopic (exact) mass is 377 g/mol. The molecule has 0 saturated carbocycles. The average molecular weight is 378 g/mol. The molecule has 3 atom stereocenters. The standard InChI is InChI=1S/C17H32BrNO3/c1-6-8-9-13(7-2)12-21-15-11-19(10-14(15)18)16(20)22-17(3,4)5/h13-15H,6-12H2,1-5H3. The Morgan fingerprint density at radius 1 is 1.32 bits per heavy atom. The molecule has 3 unspecified atom stereocenters. The van der Waals surface area contributed by atoms with Gasteiger partial charge >= 0.3 is 6.09 Å². The van der Waals surface area contributed by atoms with E-state index in [1.807, 2.05) is 20.8 Å². The first-order valence-electron chi connectivity index (χ1n) is 8.50. The summed E-state index contributed by atoms with van der Waals surface area (Å²) in [7, 11) is 0. The van der Waals surface area contributed by atoms with E-state index in [1.54, 1.807) is 4.90 Å². The predicted molar refractivity (Wildman–Crippen MR) is 93.6 cm³/mol. The van der Waals surface area contributed by atoms with Crippen molar-refractivity contribution in [2.24, 2.45) is 5.92 Å². The number of rotatable bonds is 7. The lowest BCUT2D eigenvalue weighted by atomic mass is 10.0. The lowest BCUT2D eigenvalue weighted by Crippen LogP contribution is -2.36. The molecule has 1 amide bonds. The van der Waals surface area contributed by atoms with Crippen molar-refractivity contribution in [3.63, 3.8) is 0 Å². The fraction of sp³-hybridized carbons (Fsp3) is 0.941. The van der Waals surface area contributed by atoms with Gasteiger partial charge in [-0.25, -0.2) is 4.79 Å². The summed E-state index contributed by atoms with van der Waals surface area (Å²) in [6.07, 6.45) is 4.67. The molecule has 0 aromatic carbocycles. The van der Waals surface area contributed by atoms with Crippen LogP contribution in [0.3, 0.4) is 0 Å². The number of hydrogen-bond acceptors (Lipinski definition) is 3. The van der Waals surface area contributed by atoms with Crippen molar-refractivity contribution < 1.29 is 14.3 Å². The number of hydrogen-bond donors (Lipinski definition) is 0. The lowest BCUT2D eigenvalue weighted by molar-refractivity contribution is 0.0148. The molecule has 4 nitrogen and oxygen atoms in total. The first-order chi connectivity index (χ1) is 10.3. The molecule has 0 aliphatic carbocycles. The topological polar surface area (TPSA) is 38.8 Å². The van der Waals surface area contributed by atoms with Crippen LogP contribution in [0.25, 0.3) is 0 Å². The normalized spacial score (nSPS) is 23.6. The Hall–Kier alpha value is -0.290. The van der Waals surface area contributed by atoms with Gasteiger partial charge in [0.15, 0.2) is 0 Å². The first kappa shape index (κ1) is 19.8. The van der Waals surface area contributed by atoms with Crippen LogP contribution in [0, 0.1) is 5.92 Å². The molecule has 1 rings (SSSR count). The Bertz CT molecular complexity index is 343. The van der Waals surface area contributed by atoms with Crippen molar-refractivity contribution in [2.45, 2.75) is 76.8 Å². The Morgan fingerprint density at radius 3 is 2.55 bits per heavy atom. The molecule has 0 aromatic heterocycles. The average Bonchev–Trinajstić information content (AvgIpc) is 2.79. The highest BCUT2D eigenvalue weighted by atomic mass is 79.9. The van der Waals surface area contributed by atoms with Gasteiger partial charge in [0, 0.05) is 13.2 Å². The van der Waals surface area contributed by atoms with Gasteiger partial charge in [0.2, 0.25) is 0 Å². The van der Waals surface area contributed by atoms with E-state index in [2.05, 4.69) is 29.8 Å². The van der Waals surface area contributed by atoms with Crippen LogP contribution >= 0.6 is 15.9 Å². The van der Waals surface area contributed by atoms with Crippen molar-refractivity contribution in [1.82, 2.24) is 4.90 Å². The molecule has 0 N–H and O–H groups in total. The number of carbonyl (C=O) groups excluding carboxylic acids is 1. The summed E-state index contributed by atoms with van der Waals surface area (Å²) in [6.45, 7) is 12.1. The molecule has 0 aromatic rings. The molecule has 0 spiro atoms. The van der Waals surface area contributed by atoms with Crippen molar-refractivity contribution in [3.05, 3.63) is 0 Å². The summed E-state index contributed by atoms with van der Waals surface area (Å²) in [6, 6.07) is 0. The van der Waals surface area contributed by atoms with Gasteiger partial charge in [-0.1, -0.05) is 49.0 Å². The van der Waals surface area contributed by atoms with Crippen molar-refractivity contribution >= 4 is 22.0 Å². The van der Waals surface area contributed by atoms with E-state index in [4.69, 9.17) is 9.47 Å².